The zero-order valence-corrected chi connectivity index (χ0v) is 28.7. The molecule has 0 aliphatic heterocycles. The molecule has 0 spiro atoms. The van der Waals surface area contributed by atoms with E-state index in [9.17, 15) is 8.78 Å². The van der Waals surface area contributed by atoms with Crippen molar-refractivity contribution in [1.82, 2.24) is 19.1 Å². The van der Waals surface area contributed by atoms with Gasteiger partial charge in [-0.05, 0) is 84.9 Å². The fraction of sp³-hybridized carbons (Fsp3) is 0. The first-order chi connectivity index (χ1) is 26.6. The molecular formula is C48H28F2N4. The van der Waals surface area contributed by atoms with Gasteiger partial charge in [0, 0.05) is 54.8 Å². The van der Waals surface area contributed by atoms with Gasteiger partial charge in [-0.15, -0.1) is 0 Å². The average molecular weight is 699 g/mol. The summed E-state index contributed by atoms with van der Waals surface area (Å²) in [4.78, 5) is 10.4. The predicted octanol–water partition coefficient (Wildman–Crippen LogP) is 12.6. The molecule has 4 nitrogen and oxygen atoms in total. The number of aromatic nitrogens is 4. The van der Waals surface area contributed by atoms with E-state index in [0.717, 1.165) is 99.3 Å². The molecule has 0 aliphatic carbocycles. The molecule has 54 heavy (non-hydrogen) atoms. The Morgan fingerprint density at radius 1 is 0.352 bits per heavy atom. The Bertz CT molecular complexity index is 3060. The van der Waals surface area contributed by atoms with Crippen molar-refractivity contribution in [3.8, 4) is 33.9 Å². The van der Waals surface area contributed by atoms with Crippen molar-refractivity contribution >= 4 is 65.4 Å². The molecule has 11 rings (SSSR count). The Labute approximate surface area is 307 Å². The van der Waals surface area contributed by atoms with Crippen molar-refractivity contribution in [3.63, 3.8) is 0 Å². The second kappa shape index (κ2) is 11.7. The van der Waals surface area contributed by atoms with Crippen LogP contribution in [-0.4, -0.2) is 19.1 Å². The molecule has 0 saturated heterocycles. The van der Waals surface area contributed by atoms with Gasteiger partial charge >= 0.3 is 0 Å². The van der Waals surface area contributed by atoms with E-state index in [1.807, 2.05) is 48.5 Å². The SMILES string of the molecule is Fc1ccc2c(c1)c1ccccc1n2-c1ccc(-c2ccc3ccc4ccc(-c5ccc(-n6c7ccccc7c7cc(F)ccc76)cc5)nc4c3n2)cc1. The quantitative estimate of drug-likeness (QED) is 0.172. The zero-order chi connectivity index (χ0) is 35.9. The van der Waals surface area contributed by atoms with Crippen molar-refractivity contribution in [2.75, 3.05) is 0 Å². The first kappa shape index (κ1) is 30.4. The number of para-hydroxylation sites is 2. The van der Waals surface area contributed by atoms with Gasteiger partial charge in [-0.2, -0.15) is 0 Å². The molecule has 0 N–H and O–H groups in total. The van der Waals surface area contributed by atoms with Crippen LogP contribution < -0.4 is 0 Å². The lowest BCUT2D eigenvalue weighted by Gasteiger charge is -2.11. The molecule has 4 aromatic heterocycles. The molecule has 11 aromatic rings. The normalized spacial score (nSPS) is 11.9. The monoisotopic (exact) mass is 698 g/mol. The van der Waals surface area contributed by atoms with Crippen molar-refractivity contribution < 1.29 is 8.78 Å². The van der Waals surface area contributed by atoms with Crippen LogP contribution in [0.25, 0.3) is 99.3 Å². The maximum atomic E-state index is 14.3. The van der Waals surface area contributed by atoms with E-state index >= 15 is 0 Å². The molecule has 0 bridgehead atoms. The summed E-state index contributed by atoms with van der Waals surface area (Å²) in [6.45, 7) is 0. The summed E-state index contributed by atoms with van der Waals surface area (Å²) in [6, 6.07) is 55.4. The predicted molar refractivity (Wildman–Crippen MR) is 217 cm³/mol. The highest BCUT2D eigenvalue weighted by atomic mass is 19.1. The molecule has 0 fully saturated rings. The van der Waals surface area contributed by atoms with E-state index in [4.69, 9.17) is 9.97 Å². The van der Waals surface area contributed by atoms with E-state index < -0.39 is 0 Å². The van der Waals surface area contributed by atoms with Gasteiger partial charge < -0.3 is 9.13 Å². The third-order valence-electron chi connectivity index (χ3n) is 10.6. The van der Waals surface area contributed by atoms with E-state index in [1.165, 1.54) is 12.1 Å². The third-order valence-corrected chi connectivity index (χ3v) is 10.6. The van der Waals surface area contributed by atoms with Crippen LogP contribution in [0.5, 0.6) is 0 Å². The maximum Gasteiger partial charge on any atom is 0.123 e. The number of rotatable bonds is 4. The minimum absolute atomic E-state index is 0.245. The molecule has 4 heterocycles. The second-order valence-electron chi connectivity index (χ2n) is 13.7. The van der Waals surface area contributed by atoms with Gasteiger partial charge in [-0.1, -0.05) is 84.9 Å². The molecule has 0 unspecified atom stereocenters. The van der Waals surface area contributed by atoms with Crippen LogP contribution in [0.2, 0.25) is 0 Å². The highest BCUT2D eigenvalue weighted by Gasteiger charge is 2.15. The van der Waals surface area contributed by atoms with Gasteiger partial charge in [0.1, 0.15) is 11.6 Å². The van der Waals surface area contributed by atoms with E-state index in [0.29, 0.717) is 0 Å². The molecule has 0 saturated carbocycles. The molecule has 0 aliphatic rings. The van der Waals surface area contributed by atoms with Crippen molar-refractivity contribution in [1.29, 1.82) is 0 Å². The molecular weight excluding hydrogens is 671 g/mol. The number of pyridine rings is 2. The van der Waals surface area contributed by atoms with Crippen molar-refractivity contribution in [2.45, 2.75) is 0 Å². The van der Waals surface area contributed by atoms with Crippen molar-refractivity contribution in [3.05, 3.63) is 181 Å². The van der Waals surface area contributed by atoms with Crippen LogP contribution >= 0.6 is 0 Å². The Morgan fingerprint density at radius 2 is 0.741 bits per heavy atom. The fourth-order valence-corrected chi connectivity index (χ4v) is 8.10. The van der Waals surface area contributed by atoms with Gasteiger partial charge in [0.15, 0.2) is 0 Å². The zero-order valence-electron chi connectivity index (χ0n) is 28.7. The Hall–Kier alpha value is -7.18. The first-order valence-electron chi connectivity index (χ1n) is 17.9. The summed E-state index contributed by atoms with van der Waals surface area (Å²) in [5.41, 5.74) is 11.3. The molecule has 6 heteroatoms. The summed E-state index contributed by atoms with van der Waals surface area (Å²) >= 11 is 0. The number of hydrogen-bond acceptors (Lipinski definition) is 2. The summed E-state index contributed by atoms with van der Waals surface area (Å²) in [7, 11) is 0. The summed E-state index contributed by atoms with van der Waals surface area (Å²) in [6.07, 6.45) is 0. The summed E-state index contributed by atoms with van der Waals surface area (Å²) in [5.74, 6) is -0.490. The third kappa shape index (κ3) is 4.67. The van der Waals surface area contributed by atoms with Gasteiger partial charge in [-0.3, -0.25) is 0 Å². The summed E-state index contributed by atoms with van der Waals surface area (Å²) < 4.78 is 32.9. The Kier molecular flexibility index (Phi) is 6.58. The number of hydrogen-bond donors (Lipinski definition) is 0. The van der Waals surface area contributed by atoms with Crippen LogP contribution in [0.4, 0.5) is 8.78 Å². The van der Waals surface area contributed by atoms with Crippen LogP contribution in [0, 0.1) is 11.6 Å². The first-order valence-corrected chi connectivity index (χ1v) is 17.9. The Balaban J connectivity index is 0.969. The minimum atomic E-state index is -0.245. The van der Waals surface area contributed by atoms with Gasteiger partial charge in [0.25, 0.3) is 0 Å². The highest BCUT2D eigenvalue weighted by molar-refractivity contribution is 6.10. The van der Waals surface area contributed by atoms with Gasteiger partial charge in [0.2, 0.25) is 0 Å². The lowest BCUT2D eigenvalue weighted by Crippen LogP contribution is -1.95. The lowest BCUT2D eigenvalue weighted by atomic mass is 10.1. The molecule has 7 aromatic carbocycles. The largest absolute Gasteiger partial charge is 0.309 e. The van der Waals surface area contributed by atoms with Crippen LogP contribution in [0.15, 0.2) is 170 Å². The smallest absolute Gasteiger partial charge is 0.123 e. The van der Waals surface area contributed by atoms with Crippen LogP contribution in [0.1, 0.15) is 0 Å². The second-order valence-corrected chi connectivity index (χ2v) is 13.7. The number of nitrogens with zero attached hydrogens (tertiary/aromatic N) is 4. The van der Waals surface area contributed by atoms with Gasteiger partial charge in [-0.25, -0.2) is 18.7 Å². The van der Waals surface area contributed by atoms with E-state index in [2.05, 4.69) is 106 Å². The van der Waals surface area contributed by atoms with Gasteiger partial charge in [0.05, 0.1) is 44.5 Å². The number of benzene rings is 7. The topological polar surface area (TPSA) is 35.6 Å². The maximum absolute atomic E-state index is 14.3. The number of fused-ring (bicyclic) bond motifs is 9. The molecule has 0 amide bonds. The standard InChI is InChI=1S/C48H28F2N4/c49-33-17-25-45-39(27-33)37-5-1-3-7-43(37)53(45)35-19-11-29(12-20-35)41-23-15-31-9-10-32-16-24-42(52-48(32)47(31)51-41)30-13-21-36(22-14-30)54-44-8-4-2-6-38(44)40-28-34(50)18-26-46(40)54/h1-28H. The number of halogens is 2. The molecule has 254 valence electrons. The summed E-state index contributed by atoms with van der Waals surface area (Å²) in [5, 5.41) is 5.85. The minimum Gasteiger partial charge on any atom is -0.309 e. The van der Waals surface area contributed by atoms with Crippen molar-refractivity contribution in [2.24, 2.45) is 0 Å². The molecule has 0 atom stereocenters. The van der Waals surface area contributed by atoms with E-state index in [-0.39, 0.29) is 11.6 Å². The molecule has 0 radical (unpaired) electrons. The van der Waals surface area contributed by atoms with E-state index in [1.54, 1.807) is 12.1 Å². The average Bonchev–Trinajstić information content (AvgIpc) is 3.72. The van der Waals surface area contributed by atoms with Crippen LogP contribution in [-0.2, 0) is 0 Å². The Morgan fingerprint density at radius 3 is 1.19 bits per heavy atom. The lowest BCUT2D eigenvalue weighted by molar-refractivity contribution is 0.629. The fourth-order valence-electron chi connectivity index (χ4n) is 8.10. The highest BCUT2D eigenvalue weighted by Crippen LogP contribution is 2.36. The van der Waals surface area contributed by atoms with Crippen LogP contribution in [0.3, 0.4) is 0 Å².